The first-order valence-electron chi connectivity index (χ1n) is 12.0. The topological polar surface area (TPSA) is 48.4 Å². The van der Waals surface area contributed by atoms with E-state index in [1.165, 1.54) is 37.9 Å². The van der Waals surface area contributed by atoms with Crippen molar-refractivity contribution in [3.05, 3.63) is 95.8 Å². The number of hydrogen-bond donors (Lipinski definition) is 2. The van der Waals surface area contributed by atoms with Gasteiger partial charge in [-0.15, -0.1) is 0 Å². The van der Waals surface area contributed by atoms with Crippen molar-refractivity contribution in [2.75, 3.05) is 19.6 Å². The summed E-state index contributed by atoms with van der Waals surface area (Å²) < 4.78 is 0. The first-order chi connectivity index (χ1) is 15.8. The van der Waals surface area contributed by atoms with E-state index in [1.807, 2.05) is 30.5 Å². The Morgan fingerprint density at radius 2 is 1.69 bits per heavy atom. The molecule has 0 spiro atoms. The smallest absolute Gasteiger partial charge is 0.120 e. The highest BCUT2D eigenvalue weighted by Gasteiger charge is 2.20. The van der Waals surface area contributed by atoms with Gasteiger partial charge >= 0.3 is 0 Å². The molecule has 1 aromatic heterocycles. The van der Waals surface area contributed by atoms with Crippen LogP contribution in [0, 0.1) is 5.92 Å². The van der Waals surface area contributed by atoms with Crippen LogP contribution < -0.4 is 5.32 Å². The highest BCUT2D eigenvalue weighted by molar-refractivity contribution is 5.31. The SMILES string of the molecule is Oc1ccccc1CNC(CCCN1CCC(Cc2ccccc2)CC1)c1ccccn1. The van der Waals surface area contributed by atoms with Crippen molar-refractivity contribution in [2.45, 2.75) is 44.7 Å². The Labute approximate surface area is 192 Å². The Kier molecular flexibility index (Phi) is 8.29. The maximum atomic E-state index is 10.1. The minimum Gasteiger partial charge on any atom is -0.508 e. The molecule has 2 N–H and O–H groups in total. The van der Waals surface area contributed by atoms with Crippen molar-refractivity contribution in [2.24, 2.45) is 5.92 Å². The lowest BCUT2D eigenvalue weighted by atomic mass is 9.90. The average molecular weight is 430 g/mol. The Morgan fingerprint density at radius 1 is 0.938 bits per heavy atom. The third-order valence-electron chi connectivity index (χ3n) is 6.62. The van der Waals surface area contributed by atoms with Crippen LogP contribution >= 0.6 is 0 Å². The number of hydrogen-bond acceptors (Lipinski definition) is 4. The fourth-order valence-corrected chi connectivity index (χ4v) is 4.71. The summed E-state index contributed by atoms with van der Waals surface area (Å²) in [7, 11) is 0. The molecule has 3 aromatic rings. The third-order valence-corrected chi connectivity index (χ3v) is 6.62. The van der Waals surface area contributed by atoms with Crippen LogP contribution in [-0.2, 0) is 13.0 Å². The van der Waals surface area contributed by atoms with Crippen LogP contribution in [-0.4, -0.2) is 34.6 Å². The number of aromatic nitrogens is 1. The average Bonchev–Trinajstić information content (AvgIpc) is 2.84. The van der Waals surface area contributed by atoms with Crippen molar-refractivity contribution in [3.8, 4) is 5.75 Å². The van der Waals surface area contributed by atoms with Crippen molar-refractivity contribution in [1.82, 2.24) is 15.2 Å². The van der Waals surface area contributed by atoms with Crippen LogP contribution in [0.2, 0.25) is 0 Å². The molecule has 0 bridgehead atoms. The first kappa shape index (κ1) is 22.5. The molecule has 2 aromatic carbocycles. The largest absolute Gasteiger partial charge is 0.508 e. The molecule has 4 rings (SSSR count). The van der Waals surface area contributed by atoms with Crippen LogP contribution in [0.25, 0.3) is 0 Å². The van der Waals surface area contributed by atoms with Gasteiger partial charge in [-0.25, -0.2) is 0 Å². The summed E-state index contributed by atoms with van der Waals surface area (Å²) in [6.45, 7) is 4.19. The predicted molar refractivity (Wildman–Crippen MR) is 130 cm³/mol. The van der Waals surface area contributed by atoms with E-state index in [-0.39, 0.29) is 6.04 Å². The lowest BCUT2D eigenvalue weighted by Gasteiger charge is -2.32. The molecular weight excluding hydrogens is 394 g/mol. The van der Waals surface area contributed by atoms with Gasteiger partial charge in [-0.2, -0.15) is 0 Å². The van der Waals surface area contributed by atoms with E-state index in [0.717, 1.165) is 36.6 Å². The van der Waals surface area contributed by atoms with Crippen LogP contribution in [0.1, 0.15) is 48.5 Å². The highest BCUT2D eigenvalue weighted by Crippen LogP contribution is 2.24. The lowest BCUT2D eigenvalue weighted by molar-refractivity contribution is 0.179. The van der Waals surface area contributed by atoms with Gasteiger partial charge in [-0.05, 0) is 81.4 Å². The number of nitrogens with zero attached hydrogens (tertiary/aromatic N) is 2. The number of pyridine rings is 1. The minimum atomic E-state index is 0.187. The Bertz CT molecular complexity index is 924. The zero-order valence-electron chi connectivity index (χ0n) is 18.9. The zero-order chi connectivity index (χ0) is 22.0. The zero-order valence-corrected chi connectivity index (χ0v) is 18.9. The Morgan fingerprint density at radius 3 is 2.44 bits per heavy atom. The van der Waals surface area contributed by atoms with E-state index < -0.39 is 0 Å². The molecule has 1 aliphatic rings. The van der Waals surface area contributed by atoms with Crippen LogP contribution in [0.3, 0.4) is 0 Å². The fraction of sp³-hybridized carbons (Fsp3) is 0.393. The molecule has 0 amide bonds. The van der Waals surface area contributed by atoms with Crippen LogP contribution in [0.5, 0.6) is 5.75 Å². The number of benzene rings is 2. The summed E-state index contributed by atoms with van der Waals surface area (Å²) in [6, 6.07) is 24.7. The fourth-order valence-electron chi connectivity index (χ4n) is 4.71. The molecule has 4 heteroatoms. The lowest BCUT2D eigenvalue weighted by Crippen LogP contribution is -2.35. The number of aromatic hydroxyl groups is 1. The summed E-state index contributed by atoms with van der Waals surface area (Å²) in [5.74, 6) is 1.16. The van der Waals surface area contributed by atoms with E-state index in [0.29, 0.717) is 12.3 Å². The summed E-state index contributed by atoms with van der Waals surface area (Å²) in [6.07, 6.45) is 7.84. The van der Waals surface area contributed by atoms with Gasteiger partial charge in [-0.3, -0.25) is 4.98 Å². The van der Waals surface area contributed by atoms with E-state index in [2.05, 4.69) is 57.7 Å². The Hall–Kier alpha value is -2.69. The molecule has 2 heterocycles. The molecule has 1 unspecified atom stereocenters. The number of para-hydroxylation sites is 1. The van der Waals surface area contributed by atoms with Crippen molar-refractivity contribution in [1.29, 1.82) is 0 Å². The van der Waals surface area contributed by atoms with E-state index in [4.69, 9.17) is 0 Å². The van der Waals surface area contributed by atoms with Gasteiger partial charge in [0.15, 0.2) is 0 Å². The molecule has 1 aliphatic heterocycles. The molecule has 1 fully saturated rings. The third kappa shape index (κ3) is 6.65. The van der Waals surface area contributed by atoms with Gasteiger partial charge < -0.3 is 15.3 Å². The summed E-state index contributed by atoms with van der Waals surface area (Å²) in [5.41, 5.74) is 3.47. The van der Waals surface area contributed by atoms with Gasteiger partial charge in [0.25, 0.3) is 0 Å². The van der Waals surface area contributed by atoms with Gasteiger partial charge in [0.1, 0.15) is 5.75 Å². The molecule has 1 atom stereocenters. The van der Waals surface area contributed by atoms with E-state index in [9.17, 15) is 5.11 Å². The number of piperidine rings is 1. The maximum Gasteiger partial charge on any atom is 0.120 e. The monoisotopic (exact) mass is 429 g/mol. The number of phenolic OH excluding ortho intramolecular Hbond substituents is 1. The normalized spacial score (nSPS) is 16.1. The van der Waals surface area contributed by atoms with Gasteiger partial charge in [0.05, 0.1) is 5.69 Å². The molecule has 168 valence electrons. The number of phenols is 1. The molecule has 4 nitrogen and oxygen atoms in total. The second kappa shape index (κ2) is 11.8. The van der Waals surface area contributed by atoms with Crippen molar-refractivity contribution >= 4 is 0 Å². The molecule has 0 aliphatic carbocycles. The van der Waals surface area contributed by atoms with E-state index >= 15 is 0 Å². The second-order valence-corrected chi connectivity index (χ2v) is 8.93. The maximum absolute atomic E-state index is 10.1. The van der Waals surface area contributed by atoms with Crippen LogP contribution in [0.15, 0.2) is 79.0 Å². The summed E-state index contributed by atoms with van der Waals surface area (Å²) >= 11 is 0. The minimum absolute atomic E-state index is 0.187. The second-order valence-electron chi connectivity index (χ2n) is 8.93. The molecule has 1 saturated heterocycles. The molecular formula is C28H35N3O. The Balaban J connectivity index is 1.24. The van der Waals surface area contributed by atoms with E-state index in [1.54, 1.807) is 6.07 Å². The van der Waals surface area contributed by atoms with Gasteiger partial charge in [-0.1, -0.05) is 54.6 Å². The number of nitrogens with one attached hydrogen (secondary N) is 1. The quantitative estimate of drug-likeness (QED) is 0.456. The summed E-state index contributed by atoms with van der Waals surface area (Å²) in [4.78, 5) is 7.22. The van der Waals surface area contributed by atoms with Gasteiger partial charge in [0, 0.05) is 24.3 Å². The molecule has 0 radical (unpaired) electrons. The molecule has 32 heavy (non-hydrogen) atoms. The highest BCUT2D eigenvalue weighted by atomic mass is 16.3. The van der Waals surface area contributed by atoms with Crippen molar-refractivity contribution in [3.63, 3.8) is 0 Å². The van der Waals surface area contributed by atoms with Crippen LogP contribution in [0.4, 0.5) is 0 Å². The van der Waals surface area contributed by atoms with Crippen molar-refractivity contribution < 1.29 is 5.11 Å². The summed E-state index contributed by atoms with van der Waals surface area (Å²) in [5, 5.41) is 13.7. The van der Waals surface area contributed by atoms with Gasteiger partial charge in [0.2, 0.25) is 0 Å². The predicted octanol–water partition coefficient (Wildman–Crippen LogP) is 5.35. The standard InChI is InChI=1S/C28H35N3O/c32-28-14-5-4-11-25(28)22-30-27(26-12-6-7-17-29-26)13-8-18-31-19-15-24(16-20-31)21-23-9-2-1-3-10-23/h1-7,9-12,14,17,24,27,30,32H,8,13,15-16,18-22H2. The molecule has 0 saturated carbocycles. The number of rotatable bonds is 10. The number of likely N-dealkylation sites (tertiary alicyclic amines) is 1. The first-order valence-corrected chi connectivity index (χ1v) is 12.0.